The van der Waals surface area contributed by atoms with Crippen LogP contribution in [0.3, 0.4) is 0 Å². The highest BCUT2D eigenvalue weighted by atomic mass is 16.5. The van der Waals surface area contributed by atoms with Crippen LogP contribution in [0.5, 0.6) is 11.5 Å². The van der Waals surface area contributed by atoms with Gasteiger partial charge in [0.2, 0.25) is 0 Å². The van der Waals surface area contributed by atoms with E-state index in [1.807, 2.05) is 27.7 Å². The molecular weight excluding hydrogens is 314 g/mol. The number of hydrogen-bond acceptors (Lipinski definition) is 4. The van der Waals surface area contributed by atoms with Crippen LogP contribution in [-0.2, 0) is 10.2 Å². The molecule has 1 aromatic carbocycles. The van der Waals surface area contributed by atoms with Crippen LogP contribution in [0.1, 0.15) is 44.7 Å². The van der Waals surface area contributed by atoms with E-state index in [0.29, 0.717) is 6.42 Å². The fourth-order valence-corrected chi connectivity index (χ4v) is 3.91. The maximum atomic E-state index is 11.2. The fraction of sp³-hybridized carbons (Fsp3) is 0.571. The molecule has 1 aliphatic heterocycles. The Hall–Kier alpha value is -1.81. The summed E-state index contributed by atoms with van der Waals surface area (Å²) in [6.07, 6.45) is 6.86. The molecule has 1 fully saturated rings. The van der Waals surface area contributed by atoms with Crippen LogP contribution in [0.25, 0.3) is 0 Å². The van der Waals surface area contributed by atoms with E-state index in [1.165, 1.54) is 5.56 Å². The number of ether oxygens (including phenoxy) is 2. The summed E-state index contributed by atoms with van der Waals surface area (Å²) in [5.74, 6) is 1.51. The van der Waals surface area contributed by atoms with E-state index >= 15 is 0 Å². The number of rotatable bonds is 6. The molecule has 1 aliphatic rings. The molecule has 1 saturated heterocycles. The minimum absolute atomic E-state index is 0.161. The molecule has 140 valence electrons. The van der Waals surface area contributed by atoms with E-state index in [1.54, 1.807) is 14.2 Å². The minimum atomic E-state index is -0.172. The lowest BCUT2D eigenvalue weighted by Crippen LogP contribution is -2.40. The average molecular weight is 347 g/mol. The van der Waals surface area contributed by atoms with Crippen molar-refractivity contribution in [3.05, 3.63) is 35.4 Å². The molecule has 0 bridgehead atoms. The second kappa shape index (κ2) is 9.62. The molecule has 0 spiro atoms. The molecule has 1 unspecified atom stereocenters. The molecule has 2 atom stereocenters. The first kappa shape index (κ1) is 21.2. The van der Waals surface area contributed by atoms with Gasteiger partial charge in [-0.2, -0.15) is 0 Å². The van der Waals surface area contributed by atoms with Crippen LogP contribution in [0.4, 0.5) is 0 Å². The predicted octanol–water partition coefficient (Wildman–Crippen LogP) is 4.15. The second-order valence-corrected chi connectivity index (χ2v) is 6.22. The Balaban J connectivity index is 0.00000151. The number of likely N-dealkylation sites (N-methyl/N-ethyl adjacent to an activating group) is 1. The van der Waals surface area contributed by atoms with Crippen molar-refractivity contribution in [3.63, 3.8) is 0 Å². The van der Waals surface area contributed by atoms with E-state index in [2.05, 4.69) is 36.2 Å². The summed E-state index contributed by atoms with van der Waals surface area (Å²) in [4.78, 5) is 13.5. The normalized spacial score (nSPS) is 23.2. The van der Waals surface area contributed by atoms with Gasteiger partial charge >= 0.3 is 0 Å². The van der Waals surface area contributed by atoms with E-state index in [4.69, 9.17) is 9.47 Å². The summed E-state index contributed by atoms with van der Waals surface area (Å²) in [5.41, 5.74) is 2.06. The van der Waals surface area contributed by atoms with Crippen molar-refractivity contribution in [2.45, 2.75) is 52.0 Å². The first-order valence-electron chi connectivity index (χ1n) is 9.04. The SMILES string of the molecule is C/C=C\[C@@]1(c2cc(C)c(OC)c(OC)c2)CCN(C)C1CC=O.CC. The molecule has 0 aromatic heterocycles. The Bertz CT molecular complexity index is 597. The summed E-state index contributed by atoms with van der Waals surface area (Å²) >= 11 is 0. The molecule has 4 nitrogen and oxygen atoms in total. The second-order valence-electron chi connectivity index (χ2n) is 6.22. The van der Waals surface area contributed by atoms with Gasteiger partial charge in [0.1, 0.15) is 6.29 Å². The summed E-state index contributed by atoms with van der Waals surface area (Å²) in [5, 5.41) is 0. The first-order valence-corrected chi connectivity index (χ1v) is 9.04. The summed E-state index contributed by atoms with van der Waals surface area (Å²) < 4.78 is 11.0. The van der Waals surface area contributed by atoms with Gasteiger partial charge in [0.15, 0.2) is 11.5 Å². The molecule has 0 saturated carbocycles. The molecule has 1 aromatic rings. The number of nitrogens with zero attached hydrogens (tertiary/aromatic N) is 1. The zero-order chi connectivity index (χ0) is 19.0. The zero-order valence-electron chi connectivity index (χ0n) is 16.8. The van der Waals surface area contributed by atoms with Crippen LogP contribution in [0.2, 0.25) is 0 Å². The van der Waals surface area contributed by atoms with Crippen molar-refractivity contribution in [2.24, 2.45) is 0 Å². The van der Waals surface area contributed by atoms with E-state index in [-0.39, 0.29) is 11.5 Å². The summed E-state index contributed by atoms with van der Waals surface area (Å²) in [6.45, 7) is 9.03. The maximum Gasteiger partial charge on any atom is 0.163 e. The third-order valence-electron chi connectivity index (χ3n) is 4.99. The molecule has 0 radical (unpaired) electrons. The largest absolute Gasteiger partial charge is 0.493 e. The Morgan fingerprint density at radius 3 is 2.48 bits per heavy atom. The fourth-order valence-electron chi connectivity index (χ4n) is 3.91. The van der Waals surface area contributed by atoms with Crippen molar-refractivity contribution in [1.82, 2.24) is 4.90 Å². The van der Waals surface area contributed by atoms with Crippen LogP contribution < -0.4 is 9.47 Å². The van der Waals surface area contributed by atoms with Gasteiger partial charge in [0, 0.05) is 17.9 Å². The highest BCUT2D eigenvalue weighted by Crippen LogP contribution is 2.45. The van der Waals surface area contributed by atoms with Gasteiger partial charge in [-0.15, -0.1) is 0 Å². The van der Waals surface area contributed by atoms with Crippen LogP contribution in [0.15, 0.2) is 24.3 Å². The molecule has 0 amide bonds. The van der Waals surface area contributed by atoms with Gasteiger partial charge in [-0.25, -0.2) is 0 Å². The number of hydrogen-bond donors (Lipinski definition) is 0. The van der Waals surface area contributed by atoms with Gasteiger partial charge < -0.3 is 19.2 Å². The molecule has 4 heteroatoms. The quantitative estimate of drug-likeness (QED) is 0.572. The molecule has 0 N–H and O–H groups in total. The Labute approximate surface area is 152 Å². The molecular formula is C21H33NO3. The standard InChI is InChI=1S/C19H27NO3.C2H6/c1-6-8-19(9-10-20(3)17(19)7-11-21)15-12-14(2)18(23-5)16(13-15)22-4;1-2/h6,8,11-13,17H,7,9-10H2,1-5H3;1-2H3/b8-6-;/t17?,19-;/m0./s1. The highest BCUT2D eigenvalue weighted by Gasteiger charge is 2.45. The van der Waals surface area contributed by atoms with Gasteiger partial charge in [-0.05, 0) is 51.1 Å². The minimum Gasteiger partial charge on any atom is -0.493 e. The monoisotopic (exact) mass is 347 g/mol. The van der Waals surface area contributed by atoms with Crippen LogP contribution in [-0.4, -0.2) is 45.0 Å². The third-order valence-corrected chi connectivity index (χ3v) is 4.99. The third kappa shape index (κ3) is 4.06. The zero-order valence-corrected chi connectivity index (χ0v) is 16.8. The number of carbonyl (C=O) groups excluding carboxylic acids is 1. The van der Waals surface area contributed by atoms with Crippen molar-refractivity contribution < 1.29 is 14.3 Å². The van der Waals surface area contributed by atoms with E-state index < -0.39 is 0 Å². The lowest BCUT2D eigenvalue weighted by atomic mass is 9.72. The number of aldehydes is 1. The molecule has 1 heterocycles. The molecule has 0 aliphatic carbocycles. The lowest BCUT2D eigenvalue weighted by Gasteiger charge is -2.35. The number of benzene rings is 1. The van der Waals surface area contributed by atoms with Crippen molar-refractivity contribution in [2.75, 3.05) is 27.8 Å². The van der Waals surface area contributed by atoms with E-state index in [9.17, 15) is 4.79 Å². The van der Waals surface area contributed by atoms with E-state index in [0.717, 1.165) is 36.3 Å². The Kier molecular flexibility index (Phi) is 8.17. The maximum absolute atomic E-state index is 11.2. The van der Waals surface area contributed by atoms with Gasteiger partial charge in [0.25, 0.3) is 0 Å². The van der Waals surface area contributed by atoms with Crippen molar-refractivity contribution in [3.8, 4) is 11.5 Å². The number of aryl methyl sites for hydroxylation is 1. The number of allylic oxidation sites excluding steroid dienone is 1. The Morgan fingerprint density at radius 1 is 1.28 bits per heavy atom. The number of likely N-dealkylation sites (tertiary alicyclic amines) is 1. The first-order chi connectivity index (χ1) is 12.0. The topological polar surface area (TPSA) is 38.8 Å². The highest BCUT2D eigenvalue weighted by molar-refractivity contribution is 5.56. The Morgan fingerprint density at radius 2 is 1.96 bits per heavy atom. The molecule has 25 heavy (non-hydrogen) atoms. The average Bonchev–Trinajstić information content (AvgIpc) is 2.94. The predicted molar refractivity (Wildman–Crippen MR) is 104 cm³/mol. The summed E-state index contributed by atoms with van der Waals surface area (Å²) in [7, 11) is 5.41. The van der Waals surface area contributed by atoms with Gasteiger partial charge in [-0.3, -0.25) is 0 Å². The smallest absolute Gasteiger partial charge is 0.163 e. The number of carbonyl (C=O) groups is 1. The lowest BCUT2D eigenvalue weighted by molar-refractivity contribution is -0.108. The molecule has 2 rings (SSSR count). The van der Waals surface area contributed by atoms with Crippen LogP contribution in [0, 0.1) is 6.92 Å². The summed E-state index contributed by atoms with van der Waals surface area (Å²) in [6, 6.07) is 4.38. The van der Waals surface area contributed by atoms with Gasteiger partial charge in [-0.1, -0.05) is 32.1 Å². The van der Waals surface area contributed by atoms with Crippen molar-refractivity contribution >= 4 is 6.29 Å². The van der Waals surface area contributed by atoms with Gasteiger partial charge in [0.05, 0.1) is 14.2 Å². The van der Waals surface area contributed by atoms with Crippen molar-refractivity contribution in [1.29, 1.82) is 0 Å². The van der Waals surface area contributed by atoms with Crippen LogP contribution >= 0.6 is 0 Å². The number of methoxy groups -OCH3 is 2.